The van der Waals surface area contributed by atoms with Crippen LogP contribution in [0.1, 0.15) is 36.1 Å². The molecule has 27 heavy (non-hydrogen) atoms. The van der Waals surface area contributed by atoms with Gasteiger partial charge in [-0.25, -0.2) is 0 Å². The Balaban J connectivity index is 1.55. The third-order valence-corrected chi connectivity index (χ3v) is 5.07. The Morgan fingerprint density at radius 1 is 1.04 bits per heavy atom. The molecule has 0 aliphatic carbocycles. The zero-order valence-electron chi connectivity index (χ0n) is 15.7. The summed E-state index contributed by atoms with van der Waals surface area (Å²) in [4.78, 5) is 12.3. The van der Waals surface area contributed by atoms with Crippen molar-refractivity contribution in [3.63, 3.8) is 0 Å². The van der Waals surface area contributed by atoms with Crippen molar-refractivity contribution in [2.75, 3.05) is 5.75 Å². The summed E-state index contributed by atoms with van der Waals surface area (Å²) < 4.78 is 5.65. The van der Waals surface area contributed by atoms with Gasteiger partial charge in [0.25, 0.3) is 5.22 Å². The summed E-state index contributed by atoms with van der Waals surface area (Å²) in [5.74, 6) is 0.643. The highest BCUT2D eigenvalue weighted by Gasteiger charge is 2.15. The monoisotopic (exact) mass is 381 g/mol. The van der Waals surface area contributed by atoms with Gasteiger partial charge in [0.15, 0.2) is 0 Å². The number of hydrogen-bond acceptors (Lipinski definition) is 5. The highest BCUT2D eigenvalue weighted by atomic mass is 32.2. The van der Waals surface area contributed by atoms with E-state index >= 15 is 0 Å². The average Bonchev–Trinajstić information content (AvgIpc) is 3.15. The van der Waals surface area contributed by atoms with E-state index in [0.29, 0.717) is 11.1 Å². The zero-order valence-corrected chi connectivity index (χ0v) is 16.5. The maximum absolute atomic E-state index is 12.3. The Morgan fingerprint density at radius 3 is 2.30 bits per heavy atom. The van der Waals surface area contributed by atoms with Crippen molar-refractivity contribution in [3.05, 3.63) is 65.2 Å². The predicted octanol–water partition coefficient (Wildman–Crippen LogP) is 4.71. The summed E-state index contributed by atoms with van der Waals surface area (Å²) in [6.07, 6.45) is 0.831. The highest BCUT2D eigenvalue weighted by molar-refractivity contribution is 7.99. The van der Waals surface area contributed by atoms with Crippen LogP contribution in [0.2, 0.25) is 0 Å². The van der Waals surface area contributed by atoms with Gasteiger partial charge in [0.05, 0.1) is 11.8 Å². The third-order valence-electron chi connectivity index (χ3n) is 4.25. The van der Waals surface area contributed by atoms with Gasteiger partial charge in [-0.05, 0) is 38.0 Å². The number of nitrogens with one attached hydrogen (secondary N) is 1. The summed E-state index contributed by atoms with van der Waals surface area (Å²) >= 11 is 1.24. The van der Waals surface area contributed by atoms with Crippen molar-refractivity contribution in [3.8, 4) is 11.5 Å². The first kappa shape index (κ1) is 19.2. The van der Waals surface area contributed by atoms with Gasteiger partial charge >= 0.3 is 0 Å². The van der Waals surface area contributed by atoms with Crippen molar-refractivity contribution in [2.45, 2.75) is 38.5 Å². The van der Waals surface area contributed by atoms with Gasteiger partial charge in [-0.15, -0.1) is 10.2 Å². The smallest absolute Gasteiger partial charge is 0.277 e. The van der Waals surface area contributed by atoms with Crippen LogP contribution < -0.4 is 5.32 Å². The molecule has 0 aliphatic rings. The number of amides is 1. The molecular weight excluding hydrogens is 358 g/mol. The van der Waals surface area contributed by atoms with Crippen molar-refractivity contribution in [1.82, 2.24) is 15.5 Å². The van der Waals surface area contributed by atoms with Gasteiger partial charge in [0.2, 0.25) is 11.8 Å². The largest absolute Gasteiger partial charge is 0.411 e. The molecule has 0 spiro atoms. The molecule has 2 aromatic carbocycles. The van der Waals surface area contributed by atoms with Crippen LogP contribution in [0.25, 0.3) is 11.5 Å². The molecule has 3 rings (SSSR count). The second-order valence-electron chi connectivity index (χ2n) is 6.47. The predicted molar refractivity (Wildman–Crippen MR) is 108 cm³/mol. The first-order chi connectivity index (χ1) is 13.0. The van der Waals surface area contributed by atoms with E-state index in [0.717, 1.165) is 17.5 Å². The fourth-order valence-electron chi connectivity index (χ4n) is 2.66. The molecule has 0 bridgehead atoms. The van der Waals surface area contributed by atoms with E-state index in [1.54, 1.807) is 0 Å². The van der Waals surface area contributed by atoms with E-state index in [2.05, 4.69) is 53.6 Å². The number of carbonyl (C=O) groups is 1. The van der Waals surface area contributed by atoms with E-state index in [1.165, 1.54) is 22.9 Å². The first-order valence-electron chi connectivity index (χ1n) is 8.94. The Kier molecular flexibility index (Phi) is 6.29. The van der Waals surface area contributed by atoms with Gasteiger partial charge in [-0.3, -0.25) is 4.79 Å². The van der Waals surface area contributed by atoms with Crippen molar-refractivity contribution in [2.24, 2.45) is 0 Å². The van der Waals surface area contributed by atoms with Crippen LogP contribution in [-0.2, 0) is 4.79 Å². The highest BCUT2D eigenvalue weighted by Crippen LogP contribution is 2.24. The van der Waals surface area contributed by atoms with E-state index in [-0.39, 0.29) is 17.7 Å². The Labute approximate surface area is 163 Å². The van der Waals surface area contributed by atoms with Gasteiger partial charge in [0.1, 0.15) is 0 Å². The summed E-state index contributed by atoms with van der Waals surface area (Å²) in [6, 6.07) is 16.1. The molecule has 0 radical (unpaired) electrons. The number of rotatable bonds is 7. The molecule has 0 unspecified atom stereocenters. The Hall–Kier alpha value is -2.60. The zero-order chi connectivity index (χ0) is 19.2. The van der Waals surface area contributed by atoms with E-state index in [4.69, 9.17) is 4.42 Å². The van der Waals surface area contributed by atoms with Gasteiger partial charge in [-0.1, -0.05) is 66.2 Å². The van der Waals surface area contributed by atoms with Gasteiger partial charge < -0.3 is 9.73 Å². The lowest BCUT2D eigenvalue weighted by atomic mass is 10.0. The van der Waals surface area contributed by atoms with Crippen LogP contribution in [0.5, 0.6) is 0 Å². The number of nitrogens with zero attached hydrogens (tertiary/aromatic N) is 2. The molecule has 140 valence electrons. The molecule has 0 saturated carbocycles. The number of benzene rings is 2. The standard InChI is InChI=1S/C21H23N3O2S/c1-4-18(16-9-5-14(2)6-10-16)22-19(25)13-27-21-24-23-20(26-21)17-11-7-15(3)8-12-17/h5-12,18H,4,13H2,1-3H3,(H,22,25)/t18-/m0/s1. The van der Waals surface area contributed by atoms with Crippen LogP contribution >= 0.6 is 11.8 Å². The lowest BCUT2D eigenvalue weighted by Crippen LogP contribution is -2.29. The Bertz CT molecular complexity index is 889. The quantitative estimate of drug-likeness (QED) is 0.600. The number of aryl methyl sites for hydroxylation is 2. The van der Waals surface area contributed by atoms with Crippen molar-refractivity contribution >= 4 is 17.7 Å². The first-order valence-corrected chi connectivity index (χ1v) is 9.93. The topological polar surface area (TPSA) is 68.0 Å². The lowest BCUT2D eigenvalue weighted by molar-refractivity contribution is -0.119. The molecule has 0 saturated heterocycles. The van der Waals surface area contributed by atoms with E-state index < -0.39 is 0 Å². The molecule has 1 atom stereocenters. The number of hydrogen-bond donors (Lipinski definition) is 1. The molecule has 1 amide bonds. The van der Waals surface area contributed by atoms with Crippen molar-refractivity contribution < 1.29 is 9.21 Å². The minimum Gasteiger partial charge on any atom is -0.411 e. The Morgan fingerprint density at radius 2 is 1.67 bits per heavy atom. The van der Waals surface area contributed by atoms with Crippen LogP contribution in [0.3, 0.4) is 0 Å². The molecule has 0 aliphatic heterocycles. The molecule has 3 aromatic rings. The molecule has 1 aromatic heterocycles. The normalized spacial score (nSPS) is 12.0. The maximum atomic E-state index is 12.3. The minimum absolute atomic E-state index is 0.00417. The van der Waals surface area contributed by atoms with Crippen molar-refractivity contribution in [1.29, 1.82) is 0 Å². The fourth-order valence-corrected chi connectivity index (χ4v) is 3.24. The van der Waals surface area contributed by atoms with Crippen LogP contribution in [0.4, 0.5) is 0 Å². The molecule has 0 fully saturated rings. The van der Waals surface area contributed by atoms with Crippen LogP contribution in [-0.4, -0.2) is 21.9 Å². The number of aromatic nitrogens is 2. The summed E-state index contributed by atoms with van der Waals surface area (Å²) in [5.41, 5.74) is 4.36. The maximum Gasteiger partial charge on any atom is 0.277 e. The van der Waals surface area contributed by atoms with E-state index in [9.17, 15) is 4.79 Å². The molecule has 5 nitrogen and oxygen atoms in total. The number of carbonyl (C=O) groups excluding carboxylic acids is 1. The van der Waals surface area contributed by atoms with Gasteiger partial charge in [-0.2, -0.15) is 0 Å². The second-order valence-corrected chi connectivity index (χ2v) is 7.39. The fraction of sp³-hybridized carbons (Fsp3) is 0.286. The molecule has 6 heteroatoms. The third kappa shape index (κ3) is 5.20. The molecule has 1 N–H and O–H groups in total. The van der Waals surface area contributed by atoms with Crippen LogP contribution in [0, 0.1) is 13.8 Å². The summed E-state index contributed by atoms with van der Waals surface area (Å²) in [5, 5.41) is 11.5. The average molecular weight is 382 g/mol. The number of thioether (sulfide) groups is 1. The summed E-state index contributed by atoms with van der Waals surface area (Å²) in [6.45, 7) is 6.14. The molecular formula is C21H23N3O2S. The van der Waals surface area contributed by atoms with E-state index in [1.807, 2.05) is 31.2 Å². The SMILES string of the molecule is CC[C@H](NC(=O)CSc1nnc(-c2ccc(C)cc2)o1)c1ccc(C)cc1. The lowest BCUT2D eigenvalue weighted by Gasteiger charge is -2.17. The second kappa shape index (κ2) is 8.86. The van der Waals surface area contributed by atoms with Crippen LogP contribution in [0.15, 0.2) is 58.2 Å². The summed E-state index contributed by atoms with van der Waals surface area (Å²) in [7, 11) is 0. The van der Waals surface area contributed by atoms with Gasteiger partial charge in [0, 0.05) is 5.56 Å². The molecule has 1 heterocycles. The minimum atomic E-state index is -0.0532.